The van der Waals surface area contributed by atoms with Crippen molar-refractivity contribution in [3.63, 3.8) is 0 Å². The van der Waals surface area contributed by atoms with Gasteiger partial charge in [0.15, 0.2) is 0 Å². The van der Waals surface area contributed by atoms with Crippen LogP contribution in [0.2, 0.25) is 0 Å². The molecule has 0 aliphatic carbocycles. The number of nitrogens with zero attached hydrogens (tertiary/aromatic N) is 1. The Balaban J connectivity index is 1.89. The average molecular weight is 348 g/mol. The fourth-order valence-corrected chi connectivity index (χ4v) is 3.64. The second kappa shape index (κ2) is 8.79. The van der Waals surface area contributed by atoms with Gasteiger partial charge in [0.1, 0.15) is 0 Å². The summed E-state index contributed by atoms with van der Waals surface area (Å²) in [7, 11) is 1.94. The fraction of sp³-hybridized carbons (Fsp3) is 0.650. The Kier molecular flexibility index (Phi) is 6.99. The van der Waals surface area contributed by atoms with Crippen LogP contribution in [0.5, 0.6) is 0 Å². The van der Waals surface area contributed by atoms with Crippen LogP contribution in [0.3, 0.4) is 0 Å². The molecule has 2 rings (SSSR count). The minimum absolute atomic E-state index is 0.0102. The third-order valence-corrected chi connectivity index (χ3v) is 5.19. The maximum Gasteiger partial charge on any atom is 0.234 e. The van der Waals surface area contributed by atoms with Crippen LogP contribution < -0.4 is 5.32 Å². The maximum atomic E-state index is 12.4. The predicted molar refractivity (Wildman–Crippen MR) is 99.5 cm³/mol. The van der Waals surface area contributed by atoms with Crippen LogP contribution in [-0.4, -0.2) is 55.9 Å². The Morgan fingerprint density at radius 1 is 1.36 bits per heavy atom. The lowest BCUT2D eigenvalue weighted by molar-refractivity contribution is -0.123. The number of ether oxygens (including phenoxy) is 1. The number of hydrogen-bond donors (Lipinski definition) is 2. The Bertz CT molecular complexity index is 582. The largest absolute Gasteiger partial charge is 0.396 e. The monoisotopic (exact) mass is 348 g/mol. The highest BCUT2D eigenvalue weighted by molar-refractivity contribution is 5.78. The third-order valence-electron chi connectivity index (χ3n) is 5.19. The number of amides is 1. The van der Waals surface area contributed by atoms with Crippen LogP contribution in [0, 0.1) is 19.3 Å². The molecule has 0 spiro atoms. The Hall–Kier alpha value is -1.43. The van der Waals surface area contributed by atoms with E-state index in [1.807, 2.05) is 18.9 Å². The zero-order chi connectivity index (χ0) is 18.4. The first kappa shape index (κ1) is 19.9. The van der Waals surface area contributed by atoms with E-state index in [0.29, 0.717) is 26.3 Å². The lowest BCUT2D eigenvalue weighted by Crippen LogP contribution is -2.45. The molecule has 1 aliphatic rings. The zero-order valence-electron chi connectivity index (χ0n) is 16.0. The lowest BCUT2D eigenvalue weighted by atomic mass is 9.80. The van der Waals surface area contributed by atoms with Gasteiger partial charge < -0.3 is 15.2 Å². The minimum Gasteiger partial charge on any atom is -0.396 e. The van der Waals surface area contributed by atoms with E-state index in [-0.39, 0.29) is 24.0 Å². The van der Waals surface area contributed by atoms with Crippen LogP contribution in [0.25, 0.3) is 0 Å². The highest BCUT2D eigenvalue weighted by Gasteiger charge is 2.33. The summed E-state index contributed by atoms with van der Waals surface area (Å²) in [4.78, 5) is 14.4. The SMILES string of the molecule is Cc1ccc(C)c(C(C)NC(=O)CN(C)CC2(CO)CCOCC2)c1. The number of rotatable bonds is 7. The number of carbonyl (C=O) groups excluding carboxylic acids is 1. The molecule has 1 aromatic carbocycles. The number of nitrogens with one attached hydrogen (secondary N) is 1. The molecule has 140 valence electrons. The number of benzene rings is 1. The van der Waals surface area contributed by atoms with Crippen molar-refractivity contribution >= 4 is 5.91 Å². The summed E-state index contributed by atoms with van der Waals surface area (Å²) in [6.45, 7) is 8.70. The zero-order valence-corrected chi connectivity index (χ0v) is 16.0. The minimum atomic E-state index is -0.147. The van der Waals surface area contributed by atoms with Crippen molar-refractivity contribution in [2.45, 2.75) is 39.7 Å². The fourth-order valence-electron chi connectivity index (χ4n) is 3.64. The van der Waals surface area contributed by atoms with Crippen LogP contribution in [0.15, 0.2) is 18.2 Å². The van der Waals surface area contributed by atoms with Crippen LogP contribution in [-0.2, 0) is 9.53 Å². The van der Waals surface area contributed by atoms with Gasteiger partial charge in [0.25, 0.3) is 0 Å². The predicted octanol–water partition coefficient (Wildman–Crippen LogP) is 2.20. The topological polar surface area (TPSA) is 61.8 Å². The first-order chi connectivity index (χ1) is 11.8. The molecule has 2 N–H and O–H groups in total. The molecule has 25 heavy (non-hydrogen) atoms. The van der Waals surface area contributed by atoms with Crippen molar-refractivity contribution in [1.29, 1.82) is 0 Å². The molecule has 1 fully saturated rings. The number of aliphatic hydroxyl groups is 1. The van der Waals surface area contributed by atoms with Crippen molar-refractivity contribution in [1.82, 2.24) is 10.2 Å². The summed E-state index contributed by atoms with van der Waals surface area (Å²) in [6, 6.07) is 6.29. The van der Waals surface area contributed by atoms with E-state index in [1.54, 1.807) is 0 Å². The number of hydrogen-bond acceptors (Lipinski definition) is 4. The molecule has 1 saturated heterocycles. The average Bonchev–Trinajstić information content (AvgIpc) is 2.57. The van der Waals surface area contributed by atoms with Crippen molar-refractivity contribution in [2.75, 3.05) is 40.0 Å². The highest BCUT2D eigenvalue weighted by atomic mass is 16.5. The molecule has 1 unspecified atom stereocenters. The quantitative estimate of drug-likeness (QED) is 0.793. The van der Waals surface area contributed by atoms with Crippen molar-refractivity contribution in [2.24, 2.45) is 5.41 Å². The molecule has 0 saturated carbocycles. The second-order valence-electron chi connectivity index (χ2n) is 7.59. The Morgan fingerprint density at radius 2 is 2.04 bits per heavy atom. The summed E-state index contributed by atoms with van der Waals surface area (Å²) in [5.41, 5.74) is 3.40. The van der Waals surface area contributed by atoms with Crippen LogP contribution in [0.4, 0.5) is 0 Å². The van der Waals surface area contributed by atoms with E-state index in [1.165, 1.54) is 11.1 Å². The van der Waals surface area contributed by atoms with Gasteiger partial charge in [0, 0.05) is 25.2 Å². The smallest absolute Gasteiger partial charge is 0.234 e. The molecule has 1 heterocycles. The van der Waals surface area contributed by atoms with Gasteiger partial charge in [-0.15, -0.1) is 0 Å². The van der Waals surface area contributed by atoms with Gasteiger partial charge in [-0.25, -0.2) is 0 Å². The molecule has 5 nitrogen and oxygen atoms in total. The molecule has 1 aliphatic heterocycles. The maximum absolute atomic E-state index is 12.4. The van der Waals surface area contributed by atoms with Crippen molar-refractivity contribution < 1.29 is 14.6 Å². The molecule has 0 aromatic heterocycles. The van der Waals surface area contributed by atoms with Gasteiger partial charge in [-0.2, -0.15) is 0 Å². The van der Waals surface area contributed by atoms with Crippen molar-refractivity contribution in [3.8, 4) is 0 Å². The summed E-state index contributed by atoms with van der Waals surface area (Å²) >= 11 is 0. The van der Waals surface area contributed by atoms with E-state index in [4.69, 9.17) is 4.74 Å². The molecule has 5 heteroatoms. The second-order valence-corrected chi connectivity index (χ2v) is 7.59. The molecular formula is C20H32N2O3. The standard InChI is InChI=1S/C20H32N2O3/c1-15-5-6-16(2)18(11-15)17(3)21-19(24)12-22(4)13-20(14-23)7-9-25-10-8-20/h5-6,11,17,23H,7-10,12-14H2,1-4H3,(H,21,24). The van der Waals surface area contributed by atoms with Gasteiger partial charge in [-0.05, 0) is 51.8 Å². The van der Waals surface area contributed by atoms with Crippen LogP contribution in [0.1, 0.15) is 42.5 Å². The highest BCUT2D eigenvalue weighted by Crippen LogP contribution is 2.30. The summed E-state index contributed by atoms with van der Waals surface area (Å²) in [6.07, 6.45) is 1.68. The lowest BCUT2D eigenvalue weighted by Gasteiger charge is -2.38. The molecule has 1 amide bonds. The van der Waals surface area contributed by atoms with Gasteiger partial charge >= 0.3 is 0 Å². The van der Waals surface area contributed by atoms with E-state index in [0.717, 1.165) is 18.4 Å². The molecule has 0 radical (unpaired) electrons. The van der Waals surface area contributed by atoms with E-state index >= 15 is 0 Å². The molecule has 0 bridgehead atoms. The first-order valence-electron chi connectivity index (χ1n) is 9.09. The van der Waals surface area contributed by atoms with Gasteiger partial charge in [0.2, 0.25) is 5.91 Å². The number of aliphatic hydroxyl groups excluding tert-OH is 1. The number of aryl methyl sites for hydroxylation is 2. The summed E-state index contributed by atoms with van der Waals surface area (Å²) < 4.78 is 5.40. The van der Waals surface area contributed by atoms with Crippen molar-refractivity contribution in [3.05, 3.63) is 34.9 Å². The number of carbonyl (C=O) groups is 1. The van der Waals surface area contributed by atoms with E-state index in [2.05, 4.69) is 37.4 Å². The molecule has 1 atom stereocenters. The van der Waals surface area contributed by atoms with Gasteiger partial charge in [-0.3, -0.25) is 9.69 Å². The van der Waals surface area contributed by atoms with Gasteiger partial charge in [0.05, 0.1) is 19.2 Å². The van der Waals surface area contributed by atoms with E-state index in [9.17, 15) is 9.90 Å². The summed E-state index contributed by atoms with van der Waals surface area (Å²) in [5, 5.41) is 12.9. The first-order valence-corrected chi connectivity index (χ1v) is 9.09. The molecular weight excluding hydrogens is 316 g/mol. The Labute approximate surface area is 151 Å². The molecule has 1 aromatic rings. The Morgan fingerprint density at radius 3 is 2.68 bits per heavy atom. The third kappa shape index (κ3) is 5.53. The normalized spacial score (nSPS) is 18.2. The van der Waals surface area contributed by atoms with Crippen LogP contribution >= 0.6 is 0 Å². The summed E-state index contributed by atoms with van der Waals surface area (Å²) in [5.74, 6) is 0.0102. The van der Waals surface area contributed by atoms with E-state index < -0.39 is 0 Å². The number of likely N-dealkylation sites (N-methyl/N-ethyl adjacent to an activating group) is 1. The van der Waals surface area contributed by atoms with Gasteiger partial charge in [-0.1, -0.05) is 23.8 Å².